The van der Waals surface area contributed by atoms with E-state index in [4.69, 9.17) is 12.2 Å². The van der Waals surface area contributed by atoms with Gasteiger partial charge in [-0.2, -0.15) is 5.10 Å². The Labute approximate surface area is 112 Å². The number of thiophene rings is 1. The number of hydrazone groups is 1. The summed E-state index contributed by atoms with van der Waals surface area (Å²) in [7, 11) is 0. The van der Waals surface area contributed by atoms with E-state index in [0.29, 0.717) is 5.11 Å². The van der Waals surface area contributed by atoms with Crippen LogP contribution in [0.2, 0.25) is 0 Å². The van der Waals surface area contributed by atoms with Gasteiger partial charge in [0, 0.05) is 11.4 Å². The van der Waals surface area contributed by atoms with Crippen molar-refractivity contribution in [3.05, 3.63) is 22.4 Å². The SMILES string of the molecule is CCCCCNC(=S)N/N=C(/C)c1cccs1. The maximum absolute atomic E-state index is 5.13. The van der Waals surface area contributed by atoms with Crippen LogP contribution >= 0.6 is 23.6 Å². The van der Waals surface area contributed by atoms with E-state index in [1.807, 2.05) is 24.4 Å². The zero-order valence-corrected chi connectivity index (χ0v) is 12.0. The highest BCUT2D eigenvalue weighted by molar-refractivity contribution is 7.80. The second-order valence-electron chi connectivity index (χ2n) is 3.75. The molecule has 0 fully saturated rings. The topological polar surface area (TPSA) is 36.4 Å². The van der Waals surface area contributed by atoms with Gasteiger partial charge in [-0.3, -0.25) is 5.43 Å². The van der Waals surface area contributed by atoms with Crippen LogP contribution in [0.5, 0.6) is 0 Å². The molecule has 0 aliphatic carbocycles. The molecule has 0 radical (unpaired) electrons. The summed E-state index contributed by atoms with van der Waals surface area (Å²) >= 11 is 6.80. The Hall–Kier alpha value is -0.940. The summed E-state index contributed by atoms with van der Waals surface area (Å²) in [4.78, 5) is 1.16. The molecule has 5 heteroatoms. The van der Waals surface area contributed by atoms with Crippen LogP contribution in [0, 0.1) is 0 Å². The van der Waals surface area contributed by atoms with Gasteiger partial charge in [0.15, 0.2) is 5.11 Å². The zero-order chi connectivity index (χ0) is 12.5. The molecule has 94 valence electrons. The van der Waals surface area contributed by atoms with Gasteiger partial charge in [0.05, 0.1) is 5.71 Å². The van der Waals surface area contributed by atoms with E-state index in [9.17, 15) is 0 Å². The molecular formula is C12H19N3S2. The van der Waals surface area contributed by atoms with Gasteiger partial charge >= 0.3 is 0 Å². The van der Waals surface area contributed by atoms with Crippen LogP contribution in [-0.2, 0) is 0 Å². The molecule has 0 unspecified atom stereocenters. The minimum Gasteiger partial charge on any atom is -0.361 e. The van der Waals surface area contributed by atoms with Crippen LogP contribution in [0.15, 0.2) is 22.6 Å². The van der Waals surface area contributed by atoms with E-state index >= 15 is 0 Å². The number of unbranched alkanes of at least 4 members (excludes halogenated alkanes) is 2. The Kier molecular flexibility index (Phi) is 6.81. The van der Waals surface area contributed by atoms with Crippen LogP contribution in [0.25, 0.3) is 0 Å². The lowest BCUT2D eigenvalue weighted by Gasteiger charge is -2.06. The fourth-order valence-electron chi connectivity index (χ4n) is 1.29. The predicted molar refractivity (Wildman–Crippen MR) is 79.8 cm³/mol. The monoisotopic (exact) mass is 269 g/mol. The standard InChI is InChI=1S/C12H19N3S2/c1-3-4-5-8-13-12(16)15-14-10(2)11-7-6-9-17-11/h6-7,9H,3-5,8H2,1-2H3,(H2,13,15,16)/b14-10-. The molecule has 1 rings (SSSR count). The first-order valence-corrected chi connectivity index (χ1v) is 7.15. The van der Waals surface area contributed by atoms with Crippen molar-refractivity contribution in [3.63, 3.8) is 0 Å². The van der Waals surface area contributed by atoms with Crippen molar-refractivity contribution in [2.75, 3.05) is 6.54 Å². The van der Waals surface area contributed by atoms with Crippen molar-refractivity contribution in [1.29, 1.82) is 0 Å². The van der Waals surface area contributed by atoms with E-state index in [2.05, 4.69) is 22.8 Å². The first-order chi connectivity index (χ1) is 8.24. The Morgan fingerprint density at radius 3 is 2.94 bits per heavy atom. The molecule has 1 heterocycles. The minimum atomic E-state index is 0.594. The quantitative estimate of drug-likeness (QED) is 0.360. The van der Waals surface area contributed by atoms with Gasteiger partial charge in [0.25, 0.3) is 0 Å². The fourth-order valence-corrected chi connectivity index (χ4v) is 2.12. The van der Waals surface area contributed by atoms with Crippen molar-refractivity contribution >= 4 is 34.4 Å². The number of nitrogens with zero attached hydrogens (tertiary/aromatic N) is 1. The van der Waals surface area contributed by atoms with Crippen LogP contribution < -0.4 is 10.7 Å². The number of hydrogen-bond donors (Lipinski definition) is 2. The molecule has 0 saturated carbocycles. The second-order valence-corrected chi connectivity index (χ2v) is 5.11. The molecular weight excluding hydrogens is 250 g/mol. The molecule has 0 aliphatic heterocycles. The van der Waals surface area contributed by atoms with E-state index in [0.717, 1.165) is 23.6 Å². The Morgan fingerprint density at radius 2 is 2.29 bits per heavy atom. The third kappa shape index (κ3) is 5.79. The summed E-state index contributed by atoms with van der Waals surface area (Å²) in [5.74, 6) is 0. The van der Waals surface area contributed by atoms with E-state index in [1.165, 1.54) is 12.8 Å². The molecule has 0 atom stereocenters. The maximum Gasteiger partial charge on any atom is 0.186 e. The van der Waals surface area contributed by atoms with Crippen molar-refractivity contribution < 1.29 is 0 Å². The zero-order valence-electron chi connectivity index (χ0n) is 10.3. The fraction of sp³-hybridized carbons (Fsp3) is 0.500. The average Bonchev–Trinajstić information content (AvgIpc) is 2.85. The van der Waals surface area contributed by atoms with Crippen LogP contribution in [-0.4, -0.2) is 17.4 Å². The predicted octanol–water partition coefficient (Wildman–Crippen LogP) is 3.13. The molecule has 0 aliphatic rings. The third-order valence-electron chi connectivity index (χ3n) is 2.27. The molecule has 0 aromatic carbocycles. The molecule has 1 aromatic heterocycles. The van der Waals surface area contributed by atoms with Gasteiger partial charge in [-0.05, 0) is 37.0 Å². The smallest absolute Gasteiger partial charge is 0.186 e. The molecule has 0 spiro atoms. The summed E-state index contributed by atoms with van der Waals surface area (Å²) in [6.45, 7) is 5.07. The summed E-state index contributed by atoms with van der Waals surface area (Å²) in [5, 5.41) is 10.0. The summed E-state index contributed by atoms with van der Waals surface area (Å²) in [6.07, 6.45) is 3.59. The van der Waals surface area contributed by atoms with Crippen molar-refractivity contribution in [1.82, 2.24) is 10.7 Å². The first-order valence-electron chi connectivity index (χ1n) is 5.86. The minimum absolute atomic E-state index is 0.594. The van der Waals surface area contributed by atoms with Gasteiger partial charge < -0.3 is 5.32 Å². The molecule has 3 nitrogen and oxygen atoms in total. The summed E-state index contributed by atoms with van der Waals surface area (Å²) in [5.41, 5.74) is 3.82. The van der Waals surface area contributed by atoms with E-state index < -0.39 is 0 Å². The van der Waals surface area contributed by atoms with Gasteiger partial charge in [0.2, 0.25) is 0 Å². The van der Waals surface area contributed by atoms with Crippen LogP contribution in [0.4, 0.5) is 0 Å². The average molecular weight is 269 g/mol. The van der Waals surface area contributed by atoms with Gasteiger partial charge in [0.1, 0.15) is 0 Å². The molecule has 17 heavy (non-hydrogen) atoms. The van der Waals surface area contributed by atoms with Gasteiger partial charge in [-0.25, -0.2) is 0 Å². The van der Waals surface area contributed by atoms with Crippen LogP contribution in [0.1, 0.15) is 38.0 Å². The first kappa shape index (κ1) is 14.1. The van der Waals surface area contributed by atoms with Gasteiger partial charge in [-0.1, -0.05) is 25.8 Å². The normalized spacial score (nSPS) is 11.3. The molecule has 0 saturated heterocycles. The molecule has 0 bridgehead atoms. The second kappa shape index (κ2) is 8.20. The number of nitrogens with one attached hydrogen (secondary N) is 2. The van der Waals surface area contributed by atoms with Crippen molar-refractivity contribution in [2.24, 2.45) is 5.10 Å². The summed E-state index contributed by atoms with van der Waals surface area (Å²) < 4.78 is 0. The van der Waals surface area contributed by atoms with E-state index in [1.54, 1.807) is 11.3 Å². The van der Waals surface area contributed by atoms with Crippen molar-refractivity contribution in [2.45, 2.75) is 33.1 Å². The lowest BCUT2D eigenvalue weighted by molar-refractivity contribution is 0.691. The lowest BCUT2D eigenvalue weighted by atomic mass is 10.2. The van der Waals surface area contributed by atoms with Crippen molar-refractivity contribution in [3.8, 4) is 0 Å². The maximum atomic E-state index is 5.13. The largest absolute Gasteiger partial charge is 0.361 e. The number of hydrogen-bond acceptors (Lipinski definition) is 3. The lowest BCUT2D eigenvalue weighted by Crippen LogP contribution is -2.33. The molecule has 2 N–H and O–H groups in total. The Bertz CT molecular complexity index is 358. The highest BCUT2D eigenvalue weighted by atomic mass is 32.1. The highest BCUT2D eigenvalue weighted by Crippen LogP contribution is 2.09. The summed E-state index contributed by atoms with van der Waals surface area (Å²) in [6, 6.07) is 4.06. The third-order valence-corrected chi connectivity index (χ3v) is 3.48. The van der Waals surface area contributed by atoms with Crippen LogP contribution in [0.3, 0.4) is 0 Å². The number of rotatable bonds is 6. The Balaban J connectivity index is 2.25. The Morgan fingerprint density at radius 1 is 1.47 bits per heavy atom. The highest BCUT2D eigenvalue weighted by Gasteiger charge is 1.98. The van der Waals surface area contributed by atoms with E-state index in [-0.39, 0.29) is 0 Å². The number of thiocarbonyl (C=S) groups is 1. The van der Waals surface area contributed by atoms with Gasteiger partial charge in [-0.15, -0.1) is 11.3 Å². The molecule has 1 aromatic rings. The molecule has 0 amide bonds.